The van der Waals surface area contributed by atoms with Gasteiger partial charge < -0.3 is 10.2 Å². The number of piperazine rings is 1. The van der Waals surface area contributed by atoms with Crippen LogP contribution in [0, 0.1) is 0 Å². The molecule has 204 valence electrons. The number of pyridine rings is 3. The molecule has 41 heavy (non-hydrogen) atoms. The standard InChI is InChI=1S/C32H24F3N5O/c33-32(34,35)27-17-25(5-7-29(27)39-13-11-36-12-14-39)40-30(41)8-4-23-19-38-28-6-3-22(16-26(28)31(23)40)21-2-1-20-9-10-37-18-24(20)15-21/h1-10,15-19,36H,11-14H2. The predicted octanol–water partition coefficient (Wildman–Crippen LogP) is 6.18. The second kappa shape index (κ2) is 9.71. The van der Waals surface area contributed by atoms with Gasteiger partial charge in [-0.15, -0.1) is 0 Å². The molecule has 0 spiro atoms. The van der Waals surface area contributed by atoms with Crippen molar-refractivity contribution in [3.05, 3.63) is 107 Å². The molecule has 6 nitrogen and oxygen atoms in total. The van der Waals surface area contributed by atoms with Gasteiger partial charge in [0.05, 0.1) is 22.3 Å². The molecular weight excluding hydrogens is 527 g/mol. The predicted molar refractivity (Wildman–Crippen MR) is 156 cm³/mol. The monoisotopic (exact) mass is 551 g/mol. The van der Waals surface area contributed by atoms with Gasteiger partial charge in [-0.1, -0.05) is 18.2 Å². The first kappa shape index (κ1) is 25.2. The molecule has 3 aromatic carbocycles. The molecule has 1 aliphatic rings. The van der Waals surface area contributed by atoms with Crippen LogP contribution < -0.4 is 15.8 Å². The molecule has 1 aliphatic heterocycles. The Bertz CT molecular complexity index is 2010. The number of hydrogen-bond acceptors (Lipinski definition) is 5. The fraction of sp³-hybridized carbons (Fsp3) is 0.156. The summed E-state index contributed by atoms with van der Waals surface area (Å²) in [5.41, 5.74) is 2.09. The Labute approximate surface area is 232 Å². The van der Waals surface area contributed by atoms with E-state index >= 15 is 0 Å². The number of nitrogens with one attached hydrogen (secondary N) is 1. The van der Waals surface area contributed by atoms with E-state index in [1.54, 1.807) is 35.6 Å². The second-order valence-corrected chi connectivity index (χ2v) is 10.2. The minimum absolute atomic E-state index is 0.121. The van der Waals surface area contributed by atoms with Crippen LogP contribution in [0.2, 0.25) is 0 Å². The van der Waals surface area contributed by atoms with Gasteiger partial charge in [-0.2, -0.15) is 13.2 Å². The van der Waals surface area contributed by atoms with Gasteiger partial charge >= 0.3 is 6.18 Å². The van der Waals surface area contributed by atoms with E-state index in [0.29, 0.717) is 48.0 Å². The lowest BCUT2D eigenvalue weighted by atomic mass is 9.99. The van der Waals surface area contributed by atoms with Gasteiger partial charge in [-0.3, -0.25) is 19.3 Å². The summed E-state index contributed by atoms with van der Waals surface area (Å²) in [7, 11) is 0. The van der Waals surface area contributed by atoms with Crippen molar-refractivity contribution in [3.63, 3.8) is 0 Å². The fourth-order valence-corrected chi connectivity index (χ4v) is 5.68. The zero-order chi connectivity index (χ0) is 28.1. The number of hydrogen-bond donors (Lipinski definition) is 1. The lowest BCUT2D eigenvalue weighted by molar-refractivity contribution is -0.137. The molecule has 0 amide bonds. The minimum Gasteiger partial charge on any atom is -0.368 e. The van der Waals surface area contributed by atoms with Crippen molar-refractivity contribution >= 4 is 38.3 Å². The van der Waals surface area contributed by atoms with Crippen LogP contribution in [-0.2, 0) is 6.18 Å². The average molecular weight is 552 g/mol. The Hall–Kier alpha value is -4.76. The topological polar surface area (TPSA) is 63.1 Å². The van der Waals surface area contributed by atoms with E-state index in [9.17, 15) is 18.0 Å². The molecule has 0 saturated carbocycles. The third-order valence-electron chi connectivity index (χ3n) is 7.69. The number of fused-ring (bicyclic) bond motifs is 4. The van der Waals surface area contributed by atoms with Crippen LogP contribution in [0.15, 0.2) is 96.2 Å². The maximum Gasteiger partial charge on any atom is 0.418 e. The summed E-state index contributed by atoms with van der Waals surface area (Å²) < 4.78 is 44.5. The Morgan fingerprint density at radius 3 is 2.39 bits per heavy atom. The molecule has 1 fully saturated rings. The highest BCUT2D eigenvalue weighted by molar-refractivity contribution is 6.05. The van der Waals surface area contributed by atoms with Crippen LogP contribution in [0.3, 0.4) is 0 Å². The van der Waals surface area contributed by atoms with Crippen molar-refractivity contribution in [2.75, 3.05) is 31.1 Å². The molecule has 4 heterocycles. The maximum atomic E-state index is 14.4. The van der Waals surface area contributed by atoms with Gasteiger partial charge in [0.2, 0.25) is 0 Å². The van der Waals surface area contributed by atoms with Crippen LogP contribution in [0.25, 0.3) is 49.4 Å². The zero-order valence-electron chi connectivity index (χ0n) is 21.8. The Morgan fingerprint density at radius 2 is 1.56 bits per heavy atom. The molecule has 6 aromatic rings. The maximum absolute atomic E-state index is 14.4. The first-order valence-corrected chi connectivity index (χ1v) is 13.3. The van der Waals surface area contributed by atoms with Crippen LogP contribution in [0.5, 0.6) is 0 Å². The molecule has 7 rings (SSSR count). The molecule has 9 heteroatoms. The van der Waals surface area contributed by atoms with Gasteiger partial charge in [0.15, 0.2) is 0 Å². The molecule has 0 unspecified atom stereocenters. The highest BCUT2D eigenvalue weighted by Crippen LogP contribution is 2.39. The zero-order valence-corrected chi connectivity index (χ0v) is 21.8. The molecule has 3 aromatic heterocycles. The number of halogens is 3. The molecule has 0 radical (unpaired) electrons. The quantitative estimate of drug-likeness (QED) is 0.266. The van der Waals surface area contributed by atoms with Crippen LogP contribution in [0.1, 0.15) is 5.56 Å². The van der Waals surface area contributed by atoms with Gasteiger partial charge in [0.1, 0.15) is 0 Å². The smallest absolute Gasteiger partial charge is 0.368 e. The summed E-state index contributed by atoms with van der Waals surface area (Å²) >= 11 is 0. The third-order valence-corrected chi connectivity index (χ3v) is 7.69. The number of benzene rings is 3. The van der Waals surface area contributed by atoms with Gasteiger partial charge in [0.25, 0.3) is 5.56 Å². The SMILES string of the molecule is O=c1ccc2cnc3ccc(-c4ccc5ccncc5c4)cc3c2n1-c1ccc(N2CCNCC2)c(C(F)(F)F)c1. The van der Waals surface area contributed by atoms with Crippen molar-refractivity contribution in [1.82, 2.24) is 19.9 Å². The Morgan fingerprint density at radius 1 is 0.780 bits per heavy atom. The minimum atomic E-state index is -4.59. The first-order chi connectivity index (χ1) is 19.9. The van der Waals surface area contributed by atoms with Crippen molar-refractivity contribution < 1.29 is 13.2 Å². The largest absolute Gasteiger partial charge is 0.418 e. The summed E-state index contributed by atoms with van der Waals surface area (Å²) in [6.07, 6.45) is 0.604. The van der Waals surface area contributed by atoms with E-state index in [1.807, 2.05) is 42.5 Å². The van der Waals surface area contributed by atoms with Gasteiger partial charge in [-0.25, -0.2) is 0 Å². The van der Waals surface area contributed by atoms with E-state index in [-0.39, 0.29) is 11.4 Å². The highest BCUT2D eigenvalue weighted by Gasteiger charge is 2.36. The molecule has 0 atom stereocenters. The Kier molecular flexibility index (Phi) is 5.97. The van der Waals surface area contributed by atoms with Crippen LogP contribution in [-0.4, -0.2) is 40.7 Å². The van der Waals surface area contributed by atoms with Crippen molar-refractivity contribution in [3.8, 4) is 16.8 Å². The van der Waals surface area contributed by atoms with E-state index in [1.165, 1.54) is 16.7 Å². The lowest BCUT2D eigenvalue weighted by Crippen LogP contribution is -2.44. The van der Waals surface area contributed by atoms with E-state index in [2.05, 4.69) is 15.3 Å². The summed E-state index contributed by atoms with van der Waals surface area (Å²) in [6, 6.07) is 21.0. The molecule has 0 aliphatic carbocycles. The van der Waals surface area contributed by atoms with Gasteiger partial charge in [-0.05, 0) is 65.0 Å². The fourth-order valence-electron chi connectivity index (χ4n) is 5.68. The van der Waals surface area contributed by atoms with E-state index < -0.39 is 17.3 Å². The van der Waals surface area contributed by atoms with Gasteiger partial charge in [0, 0.05) is 72.7 Å². The summed E-state index contributed by atoms with van der Waals surface area (Å²) in [4.78, 5) is 23.9. The summed E-state index contributed by atoms with van der Waals surface area (Å²) in [5.74, 6) is 0. The molecule has 0 bridgehead atoms. The number of alkyl halides is 3. The third kappa shape index (κ3) is 4.48. The number of aromatic nitrogens is 3. The van der Waals surface area contributed by atoms with E-state index in [4.69, 9.17) is 0 Å². The van der Waals surface area contributed by atoms with E-state index in [0.717, 1.165) is 28.0 Å². The number of rotatable bonds is 3. The first-order valence-electron chi connectivity index (χ1n) is 13.3. The van der Waals surface area contributed by atoms with Crippen LogP contribution in [0.4, 0.5) is 18.9 Å². The lowest BCUT2D eigenvalue weighted by Gasteiger charge is -2.32. The number of anilines is 1. The van der Waals surface area contributed by atoms with Crippen molar-refractivity contribution in [2.45, 2.75) is 6.18 Å². The molecule has 1 N–H and O–H groups in total. The molecule has 1 saturated heterocycles. The average Bonchev–Trinajstić information content (AvgIpc) is 3.00. The van der Waals surface area contributed by atoms with Crippen LogP contribution >= 0.6 is 0 Å². The Balaban J connectivity index is 1.45. The summed E-state index contributed by atoms with van der Waals surface area (Å²) in [6.45, 7) is 2.16. The molecular formula is C32H24F3N5O. The van der Waals surface area contributed by atoms with Crippen molar-refractivity contribution in [1.29, 1.82) is 0 Å². The highest BCUT2D eigenvalue weighted by atomic mass is 19.4. The second-order valence-electron chi connectivity index (χ2n) is 10.2. The normalized spacial score (nSPS) is 14.3. The summed E-state index contributed by atoms with van der Waals surface area (Å²) in [5, 5.41) is 6.55. The van der Waals surface area contributed by atoms with Crippen molar-refractivity contribution in [2.24, 2.45) is 0 Å². The number of nitrogens with zero attached hydrogens (tertiary/aromatic N) is 4.